The van der Waals surface area contributed by atoms with E-state index in [1.807, 2.05) is 0 Å². The van der Waals surface area contributed by atoms with Gasteiger partial charge in [-0.05, 0) is 60.6 Å². The summed E-state index contributed by atoms with van der Waals surface area (Å²) in [4.78, 5) is 12.5. The SMILES string of the molecule is O=C(NC1C2C[C@](O)(c3cc(Cl)cc4[nH]ncc34)C[C@H]21)c1cccc(OC(F)(F)F)c1. The Morgan fingerprint density at radius 1 is 1.26 bits per heavy atom. The average molecular weight is 452 g/mol. The molecule has 0 spiro atoms. The van der Waals surface area contributed by atoms with Gasteiger partial charge in [0.15, 0.2) is 0 Å². The van der Waals surface area contributed by atoms with Crippen molar-refractivity contribution in [2.45, 2.75) is 30.8 Å². The van der Waals surface area contributed by atoms with E-state index in [9.17, 15) is 23.1 Å². The number of carbonyl (C=O) groups excluding carboxylic acids is 1. The van der Waals surface area contributed by atoms with Crippen molar-refractivity contribution in [1.29, 1.82) is 0 Å². The van der Waals surface area contributed by atoms with Crippen molar-refractivity contribution in [3.8, 4) is 5.75 Å². The largest absolute Gasteiger partial charge is 0.573 e. The number of aromatic amines is 1. The van der Waals surface area contributed by atoms with Crippen molar-refractivity contribution in [3.63, 3.8) is 0 Å². The number of alkyl halides is 3. The summed E-state index contributed by atoms with van der Waals surface area (Å²) in [6, 6.07) is 8.29. The number of halogens is 4. The van der Waals surface area contributed by atoms with Gasteiger partial charge in [-0.2, -0.15) is 5.10 Å². The van der Waals surface area contributed by atoms with Crippen molar-refractivity contribution in [2.24, 2.45) is 11.8 Å². The smallest absolute Gasteiger partial charge is 0.406 e. The third-order valence-electron chi connectivity index (χ3n) is 6.13. The fraction of sp³-hybridized carbons (Fsp3) is 0.333. The average Bonchev–Trinajstić information content (AvgIpc) is 3.04. The quantitative estimate of drug-likeness (QED) is 0.556. The lowest BCUT2D eigenvalue weighted by Crippen LogP contribution is -2.33. The Bertz CT molecular complexity index is 1170. The summed E-state index contributed by atoms with van der Waals surface area (Å²) < 4.78 is 41.1. The maximum atomic E-state index is 12.5. The molecule has 6 nitrogen and oxygen atoms in total. The lowest BCUT2D eigenvalue weighted by molar-refractivity contribution is -0.274. The van der Waals surface area contributed by atoms with E-state index in [0.29, 0.717) is 23.4 Å². The summed E-state index contributed by atoms with van der Waals surface area (Å²) in [5.74, 6) is -0.778. The molecule has 162 valence electrons. The van der Waals surface area contributed by atoms with E-state index < -0.39 is 23.6 Å². The Hall–Kier alpha value is -2.78. The van der Waals surface area contributed by atoms with Gasteiger partial charge in [-0.3, -0.25) is 9.89 Å². The number of carbonyl (C=O) groups is 1. The molecule has 0 bridgehead atoms. The van der Waals surface area contributed by atoms with Crippen molar-refractivity contribution < 1.29 is 27.8 Å². The number of nitrogens with zero attached hydrogens (tertiary/aromatic N) is 1. The van der Waals surface area contributed by atoms with E-state index in [-0.39, 0.29) is 23.4 Å². The Labute approximate surface area is 179 Å². The molecule has 2 aliphatic rings. The highest BCUT2D eigenvalue weighted by Gasteiger charge is 2.62. The number of nitrogens with one attached hydrogen (secondary N) is 2. The van der Waals surface area contributed by atoms with Crippen molar-refractivity contribution in [1.82, 2.24) is 15.5 Å². The lowest BCUT2D eigenvalue weighted by atomic mass is 9.86. The molecule has 3 aromatic rings. The molecule has 2 fully saturated rings. The molecular formula is C21H17ClF3N3O3. The van der Waals surface area contributed by atoms with E-state index in [1.54, 1.807) is 18.3 Å². The Kier molecular flexibility index (Phi) is 4.46. The first-order chi connectivity index (χ1) is 14.6. The normalized spacial score (nSPS) is 27.2. The van der Waals surface area contributed by atoms with Gasteiger partial charge in [0.25, 0.3) is 5.91 Å². The van der Waals surface area contributed by atoms with Crippen molar-refractivity contribution in [3.05, 3.63) is 58.7 Å². The zero-order valence-electron chi connectivity index (χ0n) is 15.9. The van der Waals surface area contributed by atoms with Crippen LogP contribution >= 0.6 is 11.6 Å². The van der Waals surface area contributed by atoms with E-state index in [0.717, 1.165) is 23.0 Å². The molecular weight excluding hydrogens is 435 g/mol. The van der Waals surface area contributed by atoms with Crippen molar-refractivity contribution >= 4 is 28.4 Å². The number of fused-ring (bicyclic) bond motifs is 2. The van der Waals surface area contributed by atoms with Crippen LogP contribution in [0.15, 0.2) is 42.6 Å². The summed E-state index contributed by atoms with van der Waals surface area (Å²) >= 11 is 6.19. The number of rotatable bonds is 4. The molecule has 2 unspecified atom stereocenters. The fourth-order valence-electron chi connectivity index (χ4n) is 4.77. The molecule has 3 N–H and O–H groups in total. The van der Waals surface area contributed by atoms with Gasteiger partial charge in [0.2, 0.25) is 0 Å². The van der Waals surface area contributed by atoms with Crippen LogP contribution in [0.1, 0.15) is 28.8 Å². The number of benzene rings is 2. The van der Waals surface area contributed by atoms with E-state index in [4.69, 9.17) is 11.6 Å². The molecule has 2 aliphatic carbocycles. The molecule has 31 heavy (non-hydrogen) atoms. The summed E-state index contributed by atoms with van der Waals surface area (Å²) in [5.41, 5.74) is 0.446. The second-order valence-corrected chi connectivity index (χ2v) is 8.56. The minimum absolute atomic E-state index is 0.0736. The van der Waals surface area contributed by atoms with Crippen LogP contribution in [0, 0.1) is 11.8 Å². The Balaban J connectivity index is 1.27. The van der Waals surface area contributed by atoms with Crippen LogP contribution < -0.4 is 10.1 Å². The molecule has 4 atom stereocenters. The first-order valence-corrected chi connectivity index (χ1v) is 10.0. The highest BCUT2D eigenvalue weighted by atomic mass is 35.5. The first-order valence-electron chi connectivity index (χ1n) is 9.65. The lowest BCUT2D eigenvalue weighted by Gasteiger charge is -2.27. The summed E-state index contributed by atoms with van der Waals surface area (Å²) in [5, 5.41) is 22.3. The Morgan fingerprint density at radius 3 is 2.71 bits per heavy atom. The predicted molar refractivity (Wildman–Crippen MR) is 106 cm³/mol. The highest BCUT2D eigenvalue weighted by molar-refractivity contribution is 6.31. The molecule has 2 aromatic carbocycles. The van der Waals surface area contributed by atoms with Gasteiger partial charge < -0.3 is 15.2 Å². The maximum absolute atomic E-state index is 12.5. The highest BCUT2D eigenvalue weighted by Crippen LogP contribution is 2.60. The van der Waals surface area contributed by atoms with Crippen LogP contribution in [0.25, 0.3) is 10.9 Å². The third-order valence-corrected chi connectivity index (χ3v) is 6.35. The number of hydrogen-bond acceptors (Lipinski definition) is 4. The number of amides is 1. The van der Waals surface area contributed by atoms with Gasteiger partial charge in [-0.25, -0.2) is 0 Å². The number of aromatic nitrogens is 2. The van der Waals surface area contributed by atoms with E-state index in [1.165, 1.54) is 12.1 Å². The summed E-state index contributed by atoms with van der Waals surface area (Å²) in [7, 11) is 0. The number of H-pyrrole nitrogens is 1. The zero-order chi connectivity index (χ0) is 22.0. The standard InChI is InChI=1S/C21H17ClF3N3O3/c22-11-5-16(15-9-26-28-17(15)6-11)20(30)7-13-14(8-20)18(13)27-19(29)10-2-1-3-12(4-10)31-21(23,24)25/h1-6,9,13-14,18,30H,7-8H2,(H,26,28)(H,27,29)/t13-,14?,18?,20+/m1/s1. The summed E-state index contributed by atoms with van der Waals surface area (Å²) in [6.45, 7) is 0. The van der Waals surface area contributed by atoms with Gasteiger partial charge in [0.05, 0.1) is 17.3 Å². The molecule has 0 aliphatic heterocycles. The fourth-order valence-corrected chi connectivity index (χ4v) is 4.99. The predicted octanol–water partition coefficient (Wildman–Crippen LogP) is 4.14. The monoisotopic (exact) mass is 451 g/mol. The summed E-state index contributed by atoms with van der Waals surface area (Å²) in [6.07, 6.45) is -2.28. The van der Waals surface area contributed by atoms with Gasteiger partial charge in [-0.1, -0.05) is 17.7 Å². The molecule has 1 amide bonds. The van der Waals surface area contributed by atoms with Crippen LogP contribution in [0.5, 0.6) is 5.75 Å². The molecule has 0 radical (unpaired) electrons. The van der Waals surface area contributed by atoms with Crippen LogP contribution in [0.4, 0.5) is 13.2 Å². The minimum Gasteiger partial charge on any atom is -0.406 e. The molecule has 1 heterocycles. The maximum Gasteiger partial charge on any atom is 0.573 e. The zero-order valence-corrected chi connectivity index (χ0v) is 16.7. The van der Waals surface area contributed by atoms with Gasteiger partial charge in [-0.15, -0.1) is 13.2 Å². The molecule has 10 heteroatoms. The minimum atomic E-state index is -4.83. The molecule has 0 saturated heterocycles. The number of aliphatic hydroxyl groups is 1. The van der Waals surface area contributed by atoms with Gasteiger partial charge in [0.1, 0.15) is 5.75 Å². The first kappa shape index (κ1) is 20.1. The van der Waals surface area contributed by atoms with Crippen LogP contribution in [0.3, 0.4) is 0 Å². The van der Waals surface area contributed by atoms with Gasteiger partial charge >= 0.3 is 6.36 Å². The topological polar surface area (TPSA) is 87.2 Å². The van der Waals surface area contributed by atoms with Crippen LogP contribution in [0.2, 0.25) is 5.02 Å². The Morgan fingerprint density at radius 2 is 2.00 bits per heavy atom. The molecule has 5 rings (SSSR count). The molecule has 1 aromatic heterocycles. The van der Waals surface area contributed by atoms with E-state index >= 15 is 0 Å². The third kappa shape index (κ3) is 3.72. The second kappa shape index (κ2) is 6.86. The van der Waals surface area contributed by atoms with Crippen LogP contribution in [-0.4, -0.2) is 33.6 Å². The number of ether oxygens (including phenoxy) is 1. The van der Waals surface area contributed by atoms with Gasteiger partial charge in [0, 0.05) is 22.0 Å². The molecule has 2 saturated carbocycles. The van der Waals surface area contributed by atoms with E-state index in [2.05, 4.69) is 20.3 Å². The second-order valence-electron chi connectivity index (χ2n) is 8.13. The van der Waals surface area contributed by atoms with Crippen molar-refractivity contribution in [2.75, 3.05) is 0 Å². The van der Waals surface area contributed by atoms with Crippen LogP contribution in [-0.2, 0) is 5.60 Å². The number of hydrogen-bond donors (Lipinski definition) is 3.